The summed E-state index contributed by atoms with van der Waals surface area (Å²) in [5, 5.41) is 2.79. The van der Waals surface area contributed by atoms with Crippen LogP contribution in [0.4, 0.5) is 4.39 Å². The molecule has 0 spiro atoms. The zero-order valence-corrected chi connectivity index (χ0v) is 13.3. The van der Waals surface area contributed by atoms with Crippen molar-refractivity contribution in [3.8, 4) is 11.3 Å². The van der Waals surface area contributed by atoms with Crippen LogP contribution in [0, 0.1) is 5.82 Å². The molecule has 24 heavy (non-hydrogen) atoms. The maximum absolute atomic E-state index is 13.0. The smallest absolute Gasteiger partial charge is 0.253 e. The normalized spacial score (nSPS) is 10.4. The zero-order chi connectivity index (χ0) is 16.9. The Kier molecular flexibility index (Phi) is 4.82. The van der Waals surface area contributed by atoms with E-state index >= 15 is 0 Å². The van der Waals surface area contributed by atoms with Crippen LogP contribution in [0.15, 0.2) is 60.9 Å². The number of amides is 1. The summed E-state index contributed by atoms with van der Waals surface area (Å²) in [4.78, 5) is 20.5. The van der Waals surface area contributed by atoms with Gasteiger partial charge in [0.2, 0.25) is 0 Å². The lowest BCUT2D eigenvalue weighted by molar-refractivity contribution is 0.0950. The molecule has 3 aromatic rings. The van der Waals surface area contributed by atoms with Gasteiger partial charge in [0.1, 0.15) is 12.1 Å². The van der Waals surface area contributed by atoms with Crippen LogP contribution in [-0.2, 0) is 6.54 Å². The molecular formula is C18H13ClFN3O. The van der Waals surface area contributed by atoms with E-state index in [1.165, 1.54) is 18.5 Å². The number of benzene rings is 2. The molecule has 0 saturated carbocycles. The highest BCUT2D eigenvalue weighted by Gasteiger charge is 2.11. The lowest BCUT2D eigenvalue weighted by Crippen LogP contribution is -2.23. The van der Waals surface area contributed by atoms with Crippen LogP contribution in [0.5, 0.6) is 0 Å². The van der Waals surface area contributed by atoms with Gasteiger partial charge in [-0.3, -0.25) is 4.79 Å². The molecular weight excluding hydrogens is 329 g/mol. The van der Waals surface area contributed by atoms with Crippen molar-refractivity contribution in [2.24, 2.45) is 0 Å². The van der Waals surface area contributed by atoms with Crippen molar-refractivity contribution in [2.75, 3.05) is 0 Å². The van der Waals surface area contributed by atoms with Gasteiger partial charge in [0, 0.05) is 5.56 Å². The van der Waals surface area contributed by atoms with Crippen LogP contribution < -0.4 is 5.32 Å². The molecule has 0 aliphatic rings. The van der Waals surface area contributed by atoms with E-state index in [0.29, 0.717) is 5.69 Å². The molecule has 0 fully saturated rings. The van der Waals surface area contributed by atoms with Crippen molar-refractivity contribution < 1.29 is 9.18 Å². The summed E-state index contributed by atoms with van der Waals surface area (Å²) in [5.41, 5.74) is 2.62. The van der Waals surface area contributed by atoms with E-state index in [9.17, 15) is 9.18 Å². The molecule has 6 heteroatoms. The minimum atomic E-state index is -0.486. The van der Waals surface area contributed by atoms with Gasteiger partial charge in [-0.25, -0.2) is 14.4 Å². The number of hydrogen-bond donors (Lipinski definition) is 1. The first-order chi connectivity index (χ1) is 11.6. The lowest BCUT2D eigenvalue weighted by Gasteiger charge is -2.07. The van der Waals surface area contributed by atoms with E-state index in [4.69, 9.17) is 11.6 Å². The van der Waals surface area contributed by atoms with Crippen LogP contribution in [0.25, 0.3) is 11.3 Å². The summed E-state index contributed by atoms with van der Waals surface area (Å²) in [6, 6.07) is 15.1. The fourth-order valence-corrected chi connectivity index (χ4v) is 2.45. The number of halogens is 2. The minimum absolute atomic E-state index is 0.0696. The molecule has 0 radical (unpaired) electrons. The van der Waals surface area contributed by atoms with E-state index in [0.717, 1.165) is 17.3 Å². The molecule has 0 atom stereocenters. The molecule has 1 aromatic heterocycles. The average molecular weight is 342 g/mol. The Morgan fingerprint density at radius 1 is 1.08 bits per heavy atom. The highest BCUT2D eigenvalue weighted by atomic mass is 35.5. The summed E-state index contributed by atoms with van der Waals surface area (Å²) in [5.74, 6) is -0.875. The Labute approximate surface area is 143 Å². The van der Waals surface area contributed by atoms with Gasteiger partial charge in [0.25, 0.3) is 5.91 Å². The Morgan fingerprint density at radius 2 is 1.88 bits per heavy atom. The number of nitrogens with zero attached hydrogens (tertiary/aromatic N) is 2. The molecule has 0 aliphatic carbocycles. The van der Waals surface area contributed by atoms with Crippen LogP contribution in [0.1, 0.15) is 16.1 Å². The minimum Gasteiger partial charge on any atom is -0.346 e. The van der Waals surface area contributed by atoms with Crippen LogP contribution in [0.2, 0.25) is 5.02 Å². The summed E-state index contributed by atoms with van der Waals surface area (Å²) >= 11 is 5.88. The standard InChI is InChI=1S/C18H13ClFN3O/c19-16-8-13(20)6-7-15(16)18(24)21-10-14-9-17(23-11-22-14)12-4-2-1-3-5-12/h1-9,11H,10H2,(H,21,24). The van der Waals surface area contributed by atoms with E-state index in [1.54, 1.807) is 0 Å². The quantitative estimate of drug-likeness (QED) is 0.783. The Morgan fingerprint density at radius 3 is 2.62 bits per heavy atom. The van der Waals surface area contributed by atoms with Gasteiger partial charge in [0.15, 0.2) is 0 Å². The van der Waals surface area contributed by atoms with Gasteiger partial charge in [-0.05, 0) is 24.3 Å². The highest BCUT2D eigenvalue weighted by Crippen LogP contribution is 2.18. The predicted octanol–water partition coefficient (Wildman–Crippen LogP) is 3.87. The van der Waals surface area contributed by atoms with Crippen molar-refractivity contribution in [3.63, 3.8) is 0 Å². The van der Waals surface area contributed by atoms with Gasteiger partial charge in [0.05, 0.1) is 28.5 Å². The van der Waals surface area contributed by atoms with Gasteiger partial charge in [-0.2, -0.15) is 0 Å². The number of carbonyl (C=O) groups excluding carboxylic acids is 1. The largest absolute Gasteiger partial charge is 0.346 e. The molecule has 0 bridgehead atoms. The second kappa shape index (κ2) is 7.19. The molecule has 0 unspecified atom stereocenters. The maximum atomic E-state index is 13.0. The van der Waals surface area contributed by atoms with E-state index in [1.807, 2.05) is 36.4 Å². The number of carbonyl (C=O) groups is 1. The molecule has 2 aromatic carbocycles. The Balaban J connectivity index is 1.72. The SMILES string of the molecule is O=C(NCc1cc(-c2ccccc2)ncn1)c1ccc(F)cc1Cl. The van der Waals surface area contributed by atoms with Crippen LogP contribution >= 0.6 is 11.6 Å². The molecule has 1 amide bonds. The lowest BCUT2D eigenvalue weighted by atomic mass is 10.1. The molecule has 0 aliphatic heterocycles. The predicted molar refractivity (Wildman–Crippen MR) is 90.0 cm³/mol. The van der Waals surface area contributed by atoms with Gasteiger partial charge >= 0.3 is 0 Å². The third kappa shape index (κ3) is 3.75. The van der Waals surface area contributed by atoms with E-state index in [-0.39, 0.29) is 23.0 Å². The molecule has 3 rings (SSSR count). The van der Waals surface area contributed by atoms with Gasteiger partial charge in [-0.15, -0.1) is 0 Å². The second-order valence-corrected chi connectivity index (χ2v) is 5.47. The third-order valence-electron chi connectivity index (χ3n) is 3.40. The van der Waals surface area contributed by atoms with Crippen molar-refractivity contribution in [2.45, 2.75) is 6.54 Å². The van der Waals surface area contributed by atoms with Crippen molar-refractivity contribution in [1.29, 1.82) is 0 Å². The zero-order valence-electron chi connectivity index (χ0n) is 12.5. The number of hydrogen-bond acceptors (Lipinski definition) is 3. The third-order valence-corrected chi connectivity index (χ3v) is 3.71. The monoisotopic (exact) mass is 341 g/mol. The van der Waals surface area contributed by atoms with Gasteiger partial charge in [-0.1, -0.05) is 41.9 Å². The average Bonchev–Trinajstić information content (AvgIpc) is 2.61. The fourth-order valence-electron chi connectivity index (χ4n) is 2.20. The topological polar surface area (TPSA) is 54.9 Å². The summed E-state index contributed by atoms with van der Waals surface area (Å²) < 4.78 is 13.0. The Hall–Kier alpha value is -2.79. The van der Waals surface area contributed by atoms with E-state index in [2.05, 4.69) is 15.3 Å². The molecule has 1 heterocycles. The molecule has 1 N–H and O–H groups in total. The number of aromatic nitrogens is 2. The first kappa shape index (κ1) is 16.1. The first-order valence-electron chi connectivity index (χ1n) is 7.23. The maximum Gasteiger partial charge on any atom is 0.253 e. The second-order valence-electron chi connectivity index (χ2n) is 5.07. The van der Waals surface area contributed by atoms with Crippen LogP contribution in [0.3, 0.4) is 0 Å². The van der Waals surface area contributed by atoms with Crippen molar-refractivity contribution >= 4 is 17.5 Å². The summed E-state index contributed by atoms with van der Waals surface area (Å²) in [6.45, 7) is 0.217. The van der Waals surface area contributed by atoms with E-state index < -0.39 is 5.82 Å². The first-order valence-corrected chi connectivity index (χ1v) is 7.61. The highest BCUT2D eigenvalue weighted by molar-refractivity contribution is 6.33. The molecule has 4 nitrogen and oxygen atoms in total. The number of nitrogens with one attached hydrogen (secondary N) is 1. The summed E-state index contributed by atoms with van der Waals surface area (Å²) in [6.07, 6.45) is 1.45. The number of rotatable bonds is 4. The summed E-state index contributed by atoms with van der Waals surface area (Å²) in [7, 11) is 0. The van der Waals surface area contributed by atoms with Crippen LogP contribution in [-0.4, -0.2) is 15.9 Å². The molecule has 0 saturated heterocycles. The van der Waals surface area contributed by atoms with Gasteiger partial charge < -0.3 is 5.32 Å². The molecule has 120 valence electrons. The fraction of sp³-hybridized carbons (Fsp3) is 0.0556. The van der Waals surface area contributed by atoms with Crippen molar-refractivity contribution in [3.05, 3.63) is 83.0 Å². The van der Waals surface area contributed by atoms with Crippen molar-refractivity contribution in [1.82, 2.24) is 15.3 Å². The Bertz CT molecular complexity index is 871.